The van der Waals surface area contributed by atoms with E-state index in [1.54, 1.807) is 0 Å². The van der Waals surface area contributed by atoms with Crippen LogP contribution in [0.5, 0.6) is 5.75 Å². The van der Waals surface area contributed by atoms with Gasteiger partial charge in [0, 0.05) is 5.75 Å². The number of hydrogen-bond donors (Lipinski definition) is 1. The quantitative estimate of drug-likeness (QED) is 0.457. The number of aryl methyl sites for hydroxylation is 2. The molecule has 0 saturated carbocycles. The third-order valence-electron chi connectivity index (χ3n) is 5.34. The third-order valence-corrected chi connectivity index (χ3v) is 6.17. The SMILES string of the molecule is C/C=C\N/C=C(\C)CC1CCOc2ccc(CC)cc21.C=S(C)Cc1ccc(C)cc1. The van der Waals surface area contributed by atoms with Gasteiger partial charge >= 0.3 is 0 Å². The van der Waals surface area contributed by atoms with Crippen molar-refractivity contribution in [2.75, 3.05) is 12.9 Å². The molecule has 0 radical (unpaired) electrons. The number of allylic oxidation sites excluding steroid dienone is 2. The van der Waals surface area contributed by atoms with Crippen LogP contribution in [0.3, 0.4) is 0 Å². The molecule has 0 aliphatic carbocycles. The maximum atomic E-state index is 5.79. The summed E-state index contributed by atoms with van der Waals surface area (Å²) in [5.41, 5.74) is 6.88. The summed E-state index contributed by atoms with van der Waals surface area (Å²) in [5, 5.41) is 3.20. The molecule has 1 N–H and O–H groups in total. The fourth-order valence-electron chi connectivity index (χ4n) is 3.65. The fourth-order valence-corrected chi connectivity index (χ4v) is 4.41. The van der Waals surface area contributed by atoms with Gasteiger partial charge in [0.1, 0.15) is 5.75 Å². The van der Waals surface area contributed by atoms with Crippen molar-refractivity contribution >= 4 is 16.4 Å². The van der Waals surface area contributed by atoms with Gasteiger partial charge in [-0.1, -0.05) is 66.4 Å². The van der Waals surface area contributed by atoms with Crippen LogP contribution < -0.4 is 10.1 Å². The van der Waals surface area contributed by atoms with Crippen molar-refractivity contribution in [3.05, 3.63) is 88.8 Å². The Morgan fingerprint density at radius 3 is 2.55 bits per heavy atom. The lowest BCUT2D eigenvalue weighted by molar-refractivity contribution is 0.266. The van der Waals surface area contributed by atoms with E-state index < -0.39 is 0 Å². The van der Waals surface area contributed by atoms with Crippen molar-refractivity contribution in [3.8, 4) is 5.75 Å². The molecular formula is C28H39NOS. The Morgan fingerprint density at radius 2 is 1.90 bits per heavy atom. The Bertz CT molecular complexity index is 896. The number of benzene rings is 2. The Morgan fingerprint density at radius 1 is 1.19 bits per heavy atom. The van der Waals surface area contributed by atoms with E-state index in [0.29, 0.717) is 5.92 Å². The van der Waals surface area contributed by atoms with E-state index in [-0.39, 0.29) is 10.5 Å². The lowest BCUT2D eigenvalue weighted by atomic mass is 9.87. The first-order chi connectivity index (χ1) is 14.9. The average Bonchev–Trinajstić information content (AvgIpc) is 2.75. The molecule has 168 valence electrons. The highest BCUT2D eigenvalue weighted by Gasteiger charge is 2.21. The summed E-state index contributed by atoms with van der Waals surface area (Å²) < 4.78 is 5.79. The maximum absolute atomic E-state index is 5.79. The first-order valence-electron chi connectivity index (χ1n) is 11.2. The molecule has 3 rings (SSSR count). The minimum Gasteiger partial charge on any atom is -0.493 e. The van der Waals surface area contributed by atoms with Crippen LogP contribution in [-0.4, -0.2) is 18.7 Å². The zero-order valence-electron chi connectivity index (χ0n) is 19.9. The average molecular weight is 438 g/mol. The van der Waals surface area contributed by atoms with Crippen LogP contribution in [0.4, 0.5) is 0 Å². The van der Waals surface area contributed by atoms with Gasteiger partial charge in [-0.2, -0.15) is 10.5 Å². The van der Waals surface area contributed by atoms with Gasteiger partial charge in [0.25, 0.3) is 0 Å². The van der Waals surface area contributed by atoms with Gasteiger partial charge < -0.3 is 10.1 Å². The number of ether oxygens (including phenoxy) is 1. The van der Waals surface area contributed by atoms with E-state index in [0.717, 1.165) is 37.4 Å². The van der Waals surface area contributed by atoms with Crippen LogP contribution in [0.1, 0.15) is 61.8 Å². The summed E-state index contributed by atoms with van der Waals surface area (Å²) in [6, 6.07) is 15.3. The van der Waals surface area contributed by atoms with Crippen molar-refractivity contribution in [3.63, 3.8) is 0 Å². The van der Waals surface area contributed by atoms with Crippen LogP contribution >= 0.6 is 10.5 Å². The number of fused-ring (bicyclic) bond motifs is 1. The van der Waals surface area contributed by atoms with Gasteiger partial charge in [-0.3, -0.25) is 0 Å². The van der Waals surface area contributed by atoms with Crippen molar-refractivity contribution in [1.82, 2.24) is 5.32 Å². The van der Waals surface area contributed by atoms with Crippen LogP contribution in [0.25, 0.3) is 0 Å². The summed E-state index contributed by atoms with van der Waals surface area (Å²) >= 11 is 0. The van der Waals surface area contributed by atoms with Crippen molar-refractivity contribution < 1.29 is 4.74 Å². The molecular weight excluding hydrogens is 398 g/mol. The second-order valence-corrected chi connectivity index (χ2v) is 10.2. The molecule has 2 nitrogen and oxygen atoms in total. The molecule has 2 aromatic rings. The Hall–Kier alpha value is -2.26. The molecule has 3 heteroatoms. The molecule has 0 saturated heterocycles. The standard InChI is InChI=1S/C18H25NO.C10H14S/c1-4-9-19-13-14(3)11-16-8-10-20-18-7-6-15(5-2)12-17(16)18;1-9-4-6-10(7-5-9)8-11(2)3/h4,6-7,9,12-13,16,19H,5,8,10-11H2,1-3H3;4-7H,2,8H2,1,3H3/b9-4-,14-13+;. The van der Waals surface area contributed by atoms with Gasteiger partial charge in [-0.15, -0.1) is 0 Å². The monoisotopic (exact) mass is 437 g/mol. The summed E-state index contributed by atoms with van der Waals surface area (Å²) in [4.78, 5) is 0. The summed E-state index contributed by atoms with van der Waals surface area (Å²) in [6.07, 6.45) is 11.5. The van der Waals surface area contributed by atoms with Crippen LogP contribution in [0.2, 0.25) is 0 Å². The first-order valence-corrected chi connectivity index (χ1v) is 13.2. The molecule has 1 heterocycles. The molecule has 0 aromatic heterocycles. The van der Waals surface area contributed by atoms with Crippen LogP contribution in [-0.2, 0) is 12.2 Å². The van der Waals surface area contributed by atoms with Gasteiger partial charge in [0.05, 0.1) is 6.61 Å². The molecule has 0 fully saturated rings. The van der Waals surface area contributed by atoms with E-state index in [4.69, 9.17) is 4.74 Å². The van der Waals surface area contributed by atoms with Gasteiger partial charge in [0.2, 0.25) is 0 Å². The Kier molecular flexibility index (Phi) is 10.7. The summed E-state index contributed by atoms with van der Waals surface area (Å²) in [5.74, 6) is 6.75. The molecule has 2 atom stereocenters. The highest BCUT2D eigenvalue weighted by molar-refractivity contribution is 8.12. The number of nitrogens with one attached hydrogen (secondary N) is 1. The van der Waals surface area contributed by atoms with Gasteiger partial charge in [-0.05, 0) is 87.4 Å². The summed E-state index contributed by atoms with van der Waals surface area (Å²) in [6.45, 7) is 9.34. The molecule has 1 aliphatic rings. The largest absolute Gasteiger partial charge is 0.493 e. The molecule has 2 aromatic carbocycles. The van der Waals surface area contributed by atoms with Crippen LogP contribution in [0.15, 0.2) is 66.5 Å². The lowest BCUT2D eigenvalue weighted by Gasteiger charge is -2.26. The predicted molar refractivity (Wildman–Crippen MR) is 141 cm³/mol. The number of hydrogen-bond acceptors (Lipinski definition) is 2. The smallest absolute Gasteiger partial charge is 0.122 e. The van der Waals surface area contributed by atoms with E-state index in [2.05, 4.69) is 86.9 Å². The van der Waals surface area contributed by atoms with E-state index in [9.17, 15) is 0 Å². The third kappa shape index (κ3) is 8.78. The van der Waals surface area contributed by atoms with E-state index in [1.807, 2.05) is 19.2 Å². The highest BCUT2D eigenvalue weighted by atomic mass is 32.2. The minimum absolute atomic E-state index is 0.277. The molecule has 1 aliphatic heterocycles. The zero-order chi connectivity index (χ0) is 22.6. The molecule has 2 unspecified atom stereocenters. The van der Waals surface area contributed by atoms with Crippen molar-refractivity contribution in [2.45, 2.75) is 58.6 Å². The second kappa shape index (κ2) is 13.2. The predicted octanol–water partition coefficient (Wildman–Crippen LogP) is 7.36. The second-order valence-electron chi connectivity index (χ2n) is 8.33. The zero-order valence-corrected chi connectivity index (χ0v) is 20.7. The molecule has 0 amide bonds. The molecule has 0 bridgehead atoms. The normalized spacial score (nSPS) is 16.7. The van der Waals surface area contributed by atoms with Crippen molar-refractivity contribution in [1.29, 1.82) is 0 Å². The first kappa shape index (κ1) is 25.0. The van der Waals surface area contributed by atoms with Gasteiger partial charge in [0.15, 0.2) is 0 Å². The van der Waals surface area contributed by atoms with Crippen LogP contribution in [0, 0.1) is 6.92 Å². The fraction of sp³-hybridized carbons (Fsp3) is 0.393. The van der Waals surface area contributed by atoms with Crippen molar-refractivity contribution in [2.24, 2.45) is 0 Å². The molecule has 0 spiro atoms. The highest BCUT2D eigenvalue weighted by Crippen LogP contribution is 2.37. The minimum atomic E-state index is 0.277. The van der Waals surface area contributed by atoms with E-state index in [1.165, 1.54) is 27.8 Å². The number of rotatable bonds is 7. The topological polar surface area (TPSA) is 21.3 Å². The summed E-state index contributed by atoms with van der Waals surface area (Å²) in [7, 11) is 0.277. The van der Waals surface area contributed by atoms with E-state index >= 15 is 0 Å². The molecule has 31 heavy (non-hydrogen) atoms. The Balaban J connectivity index is 0.000000262. The maximum Gasteiger partial charge on any atom is 0.122 e. The Labute approximate surface area is 192 Å². The lowest BCUT2D eigenvalue weighted by Crippen LogP contribution is -2.15. The van der Waals surface area contributed by atoms with Gasteiger partial charge in [-0.25, -0.2) is 0 Å².